The fourth-order valence-electron chi connectivity index (χ4n) is 3.42. The number of aliphatic carboxylic acids is 1. The van der Waals surface area contributed by atoms with Crippen molar-refractivity contribution >= 4 is 16.9 Å². The Morgan fingerprint density at radius 2 is 2.24 bits per heavy atom. The average molecular weight is 390 g/mol. The third-order valence-corrected chi connectivity index (χ3v) is 4.84. The van der Waals surface area contributed by atoms with Crippen molar-refractivity contribution in [2.24, 2.45) is 0 Å². The van der Waals surface area contributed by atoms with Crippen LogP contribution >= 0.6 is 0 Å². The quantitative estimate of drug-likeness (QED) is 0.585. The van der Waals surface area contributed by atoms with E-state index in [0.29, 0.717) is 19.4 Å². The lowest BCUT2D eigenvalue weighted by atomic mass is 9.94. The Hall–Kier alpha value is -3.38. The summed E-state index contributed by atoms with van der Waals surface area (Å²) in [5.41, 5.74) is 2.92. The van der Waals surface area contributed by atoms with Gasteiger partial charge in [0.15, 0.2) is 0 Å². The number of allylic oxidation sites excluding steroid dienone is 2. The third kappa shape index (κ3) is 4.92. The van der Waals surface area contributed by atoms with Crippen LogP contribution in [0.15, 0.2) is 88.9 Å². The van der Waals surface area contributed by atoms with Gasteiger partial charge in [-0.25, -0.2) is 9.78 Å². The van der Waals surface area contributed by atoms with Gasteiger partial charge >= 0.3 is 5.97 Å². The van der Waals surface area contributed by atoms with Crippen molar-refractivity contribution in [1.82, 2.24) is 9.55 Å². The summed E-state index contributed by atoms with van der Waals surface area (Å²) in [4.78, 5) is 15.0. The minimum Gasteiger partial charge on any atom is -0.478 e. The summed E-state index contributed by atoms with van der Waals surface area (Å²) in [7, 11) is 0. The molecule has 6 heteroatoms. The van der Waals surface area contributed by atoms with Gasteiger partial charge in [0.1, 0.15) is 11.3 Å². The Morgan fingerprint density at radius 3 is 3.03 bits per heavy atom. The summed E-state index contributed by atoms with van der Waals surface area (Å²) >= 11 is 0. The normalized spacial score (nSPS) is 16.9. The number of carboxylic acid groups (broad SMARTS) is 1. The van der Waals surface area contributed by atoms with Crippen molar-refractivity contribution in [2.75, 3.05) is 6.61 Å². The van der Waals surface area contributed by atoms with Crippen LogP contribution in [0.3, 0.4) is 0 Å². The van der Waals surface area contributed by atoms with Crippen LogP contribution in [-0.4, -0.2) is 33.3 Å². The Bertz CT molecular complexity index is 1040. The Balaban J connectivity index is 1.42. The molecule has 1 aliphatic carbocycles. The van der Waals surface area contributed by atoms with Crippen LogP contribution in [0.25, 0.3) is 11.0 Å². The topological polar surface area (TPSA) is 77.5 Å². The molecule has 0 saturated heterocycles. The molecule has 0 saturated carbocycles. The van der Waals surface area contributed by atoms with E-state index < -0.39 is 5.97 Å². The Kier molecular flexibility index (Phi) is 5.72. The number of imidazole rings is 1. The highest BCUT2D eigenvalue weighted by molar-refractivity contribution is 5.80. The highest BCUT2D eigenvalue weighted by atomic mass is 16.5. The van der Waals surface area contributed by atoms with Crippen molar-refractivity contribution in [2.45, 2.75) is 25.5 Å². The van der Waals surface area contributed by atoms with Crippen molar-refractivity contribution in [3.63, 3.8) is 0 Å². The zero-order valence-corrected chi connectivity index (χ0v) is 15.9. The van der Waals surface area contributed by atoms with E-state index in [1.807, 2.05) is 53.2 Å². The van der Waals surface area contributed by atoms with Gasteiger partial charge in [-0.05, 0) is 29.4 Å². The molecule has 1 N–H and O–H groups in total. The molecule has 1 aliphatic rings. The number of hydrogen-bond donors (Lipinski definition) is 1. The summed E-state index contributed by atoms with van der Waals surface area (Å²) < 4.78 is 14.0. The summed E-state index contributed by atoms with van der Waals surface area (Å²) in [6.45, 7) is 1.22. The van der Waals surface area contributed by atoms with Gasteiger partial charge in [-0.15, -0.1) is 0 Å². The average Bonchev–Trinajstić information content (AvgIpc) is 3.36. The van der Waals surface area contributed by atoms with Crippen LogP contribution in [0.5, 0.6) is 0 Å². The molecule has 0 spiro atoms. The maximum Gasteiger partial charge on any atom is 0.328 e. The lowest BCUT2D eigenvalue weighted by Crippen LogP contribution is -2.21. The molecule has 6 nitrogen and oxygen atoms in total. The van der Waals surface area contributed by atoms with Gasteiger partial charge in [0.2, 0.25) is 0 Å². The van der Waals surface area contributed by atoms with Crippen molar-refractivity contribution in [1.29, 1.82) is 0 Å². The van der Waals surface area contributed by atoms with Gasteiger partial charge in [-0.1, -0.05) is 30.4 Å². The summed E-state index contributed by atoms with van der Waals surface area (Å²) in [6, 6.07) is 9.94. The van der Waals surface area contributed by atoms with Crippen molar-refractivity contribution in [3.8, 4) is 0 Å². The molecule has 1 unspecified atom stereocenters. The minimum absolute atomic E-state index is 0.196. The van der Waals surface area contributed by atoms with Gasteiger partial charge in [0.25, 0.3) is 0 Å². The fraction of sp³-hybridized carbons (Fsp3) is 0.217. The van der Waals surface area contributed by atoms with E-state index in [2.05, 4.69) is 4.98 Å². The minimum atomic E-state index is -0.972. The molecule has 1 atom stereocenters. The van der Waals surface area contributed by atoms with Crippen LogP contribution in [0.2, 0.25) is 0 Å². The lowest BCUT2D eigenvalue weighted by molar-refractivity contribution is -0.131. The molecule has 0 bridgehead atoms. The molecular weight excluding hydrogens is 368 g/mol. The van der Waals surface area contributed by atoms with Crippen molar-refractivity contribution < 1.29 is 19.1 Å². The van der Waals surface area contributed by atoms with Crippen LogP contribution in [0.1, 0.15) is 12.2 Å². The molecule has 29 heavy (non-hydrogen) atoms. The smallest absolute Gasteiger partial charge is 0.328 e. The monoisotopic (exact) mass is 390 g/mol. The largest absolute Gasteiger partial charge is 0.478 e. The molecule has 4 rings (SSSR count). The van der Waals surface area contributed by atoms with Gasteiger partial charge in [-0.3, -0.25) is 0 Å². The first-order valence-electron chi connectivity index (χ1n) is 9.53. The van der Waals surface area contributed by atoms with E-state index in [9.17, 15) is 4.79 Å². The zero-order chi connectivity index (χ0) is 20.1. The number of benzene rings is 1. The standard InChI is InChI=1S/C23H22N2O4/c26-23(27)8-7-18-6-5-17(15-25-11-10-24-16-25)13-22(18)28-12-9-20-14-19-3-1-2-4-21(19)29-20/h1-8,10-11,14,16,22H,9,12-13,15H2,(H,26,27)/b8-7+. The van der Waals surface area contributed by atoms with E-state index in [1.54, 1.807) is 18.6 Å². The second-order valence-electron chi connectivity index (χ2n) is 6.96. The molecule has 3 aromatic rings. The molecule has 2 aromatic heterocycles. The SMILES string of the molecule is O=C(O)/C=C/C1=CC=C(Cn2ccnc2)CC1OCCc1cc2ccccc2o1. The first kappa shape index (κ1) is 19.0. The van der Waals surface area contributed by atoms with Crippen molar-refractivity contribution in [3.05, 3.63) is 90.3 Å². The first-order valence-corrected chi connectivity index (χ1v) is 9.53. The van der Waals surface area contributed by atoms with Crippen LogP contribution < -0.4 is 0 Å². The number of fused-ring (bicyclic) bond motifs is 1. The highest BCUT2D eigenvalue weighted by Crippen LogP contribution is 2.25. The molecule has 0 aliphatic heterocycles. The fourth-order valence-corrected chi connectivity index (χ4v) is 3.42. The zero-order valence-electron chi connectivity index (χ0n) is 15.9. The van der Waals surface area contributed by atoms with E-state index in [0.717, 1.165) is 34.9 Å². The number of rotatable bonds is 8. The molecule has 0 fully saturated rings. The molecule has 0 radical (unpaired) electrons. The second-order valence-corrected chi connectivity index (χ2v) is 6.96. The molecule has 148 valence electrons. The maximum absolute atomic E-state index is 10.9. The Morgan fingerprint density at radius 1 is 1.34 bits per heavy atom. The van der Waals surface area contributed by atoms with E-state index in [1.165, 1.54) is 5.57 Å². The maximum atomic E-state index is 10.9. The molecule has 2 heterocycles. The van der Waals surface area contributed by atoms with Gasteiger partial charge in [0, 0.05) is 43.2 Å². The predicted octanol–water partition coefficient (Wildman–Crippen LogP) is 4.15. The number of carboxylic acids is 1. The summed E-state index contributed by atoms with van der Waals surface area (Å²) in [5, 5.41) is 10.0. The molecule has 0 amide bonds. The van der Waals surface area contributed by atoms with Gasteiger partial charge in [-0.2, -0.15) is 0 Å². The van der Waals surface area contributed by atoms with Crippen LogP contribution in [0.4, 0.5) is 0 Å². The lowest BCUT2D eigenvalue weighted by Gasteiger charge is -2.24. The third-order valence-electron chi connectivity index (χ3n) is 4.84. The van der Waals surface area contributed by atoms with E-state index >= 15 is 0 Å². The van der Waals surface area contributed by atoms with Gasteiger partial charge < -0.3 is 18.8 Å². The Labute approximate surface area is 168 Å². The van der Waals surface area contributed by atoms with E-state index in [-0.39, 0.29) is 6.10 Å². The number of furan rings is 1. The molecule has 1 aromatic carbocycles. The number of carbonyl (C=O) groups is 1. The number of aromatic nitrogens is 2. The predicted molar refractivity (Wildman–Crippen MR) is 109 cm³/mol. The van der Waals surface area contributed by atoms with Crippen LogP contribution in [0, 0.1) is 0 Å². The molecular formula is C23H22N2O4. The number of hydrogen-bond acceptors (Lipinski definition) is 4. The highest BCUT2D eigenvalue weighted by Gasteiger charge is 2.19. The number of ether oxygens (including phenoxy) is 1. The van der Waals surface area contributed by atoms with Gasteiger partial charge in [0.05, 0.1) is 19.0 Å². The number of nitrogens with zero attached hydrogens (tertiary/aromatic N) is 2. The van der Waals surface area contributed by atoms with Crippen LogP contribution in [-0.2, 0) is 22.5 Å². The van der Waals surface area contributed by atoms with E-state index in [4.69, 9.17) is 14.3 Å². The number of para-hydroxylation sites is 1. The summed E-state index contributed by atoms with van der Waals surface area (Å²) in [6.07, 6.45) is 13.3. The summed E-state index contributed by atoms with van der Waals surface area (Å²) in [5.74, 6) is -0.0945. The second kappa shape index (κ2) is 8.75. The first-order chi connectivity index (χ1) is 14.2.